The third kappa shape index (κ3) is 4.20. The van der Waals surface area contributed by atoms with Gasteiger partial charge >= 0.3 is 0 Å². The molecule has 0 aromatic rings. The van der Waals surface area contributed by atoms with Crippen molar-refractivity contribution in [1.82, 2.24) is 10.2 Å². The summed E-state index contributed by atoms with van der Waals surface area (Å²) in [7, 11) is 2.30. The second kappa shape index (κ2) is 7.61. The lowest BCUT2D eigenvalue weighted by Crippen LogP contribution is -2.54. The summed E-state index contributed by atoms with van der Waals surface area (Å²) in [4.78, 5) is 2.62. The van der Waals surface area contributed by atoms with Gasteiger partial charge in [0.15, 0.2) is 0 Å². The van der Waals surface area contributed by atoms with E-state index in [9.17, 15) is 5.26 Å². The number of hydrogen-bond acceptors (Lipinski definition) is 3. The third-order valence-electron chi connectivity index (χ3n) is 5.79. The summed E-state index contributed by atoms with van der Waals surface area (Å²) in [5.41, 5.74) is -0.269. The topological polar surface area (TPSA) is 39.1 Å². The number of nitrogens with one attached hydrogen (secondary N) is 1. The van der Waals surface area contributed by atoms with Gasteiger partial charge in [0.1, 0.15) is 5.54 Å². The van der Waals surface area contributed by atoms with Crippen molar-refractivity contribution in [3.63, 3.8) is 0 Å². The third-order valence-corrected chi connectivity index (χ3v) is 5.79. The van der Waals surface area contributed by atoms with Crippen LogP contribution in [-0.2, 0) is 0 Å². The molecule has 2 atom stereocenters. The van der Waals surface area contributed by atoms with Crippen molar-refractivity contribution in [3.8, 4) is 6.07 Å². The minimum Gasteiger partial charge on any atom is -0.300 e. The van der Waals surface area contributed by atoms with Crippen LogP contribution in [0.5, 0.6) is 0 Å². The van der Waals surface area contributed by atoms with Crippen molar-refractivity contribution in [2.45, 2.75) is 89.3 Å². The molecule has 0 amide bonds. The maximum Gasteiger partial charge on any atom is 0.108 e. The lowest BCUT2D eigenvalue weighted by molar-refractivity contribution is 0.0788. The van der Waals surface area contributed by atoms with Crippen LogP contribution in [0.3, 0.4) is 0 Å². The summed E-state index contributed by atoms with van der Waals surface area (Å²) in [6, 6.07) is 3.94. The molecule has 0 heterocycles. The number of nitrogens with zero attached hydrogens (tertiary/aromatic N) is 2. The van der Waals surface area contributed by atoms with Crippen LogP contribution < -0.4 is 5.32 Å². The van der Waals surface area contributed by atoms with Gasteiger partial charge in [0.25, 0.3) is 0 Å². The van der Waals surface area contributed by atoms with Crippen LogP contribution in [0.2, 0.25) is 0 Å². The molecular formula is C18H33N3. The zero-order valence-electron chi connectivity index (χ0n) is 14.2. The first kappa shape index (κ1) is 16.8. The molecule has 21 heavy (non-hydrogen) atoms. The summed E-state index contributed by atoms with van der Waals surface area (Å²) in [6.07, 6.45) is 11.0. The Balaban J connectivity index is 1.94. The largest absolute Gasteiger partial charge is 0.300 e. The fourth-order valence-corrected chi connectivity index (χ4v) is 4.21. The first-order valence-electron chi connectivity index (χ1n) is 8.98. The molecule has 2 unspecified atom stereocenters. The van der Waals surface area contributed by atoms with Gasteiger partial charge in [0.05, 0.1) is 6.07 Å². The number of rotatable bonds is 5. The lowest BCUT2D eigenvalue weighted by Gasteiger charge is -2.44. The van der Waals surface area contributed by atoms with Gasteiger partial charge in [0, 0.05) is 12.1 Å². The molecule has 3 nitrogen and oxygen atoms in total. The van der Waals surface area contributed by atoms with Gasteiger partial charge in [-0.2, -0.15) is 5.26 Å². The van der Waals surface area contributed by atoms with Crippen molar-refractivity contribution in [1.29, 1.82) is 5.26 Å². The van der Waals surface area contributed by atoms with E-state index in [0.29, 0.717) is 6.04 Å². The Morgan fingerprint density at radius 2 is 1.90 bits per heavy atom. The van der Waals surface area contributed by atoms with E-state index in [2.05, 4.69) is 37.2 Å². The molecule has 120 valence electrons. The van der Waals surface area contributed by atoms with Crippen molar-refractivity contribution < 1.29 is 0 Å². The van der Waals surface area contributed by atoms with Crippen LogP contribution in [0.25, 0.3) is 0 Å². The summed E-state index contributed by atoms with van der Waals surface area (Å²) < 4.78 is 0. The monoisotopic (exact) mass is 291 g/mol. The zero-order chi connectivity index (χ0) is 15.3. The van der Waals surface area contributed by atoms with Crippen molar-refractivity contribution >= 4 is 0 Å². The molecule has 2 rings (SSSR count). The summed E-state index contributed by atoms with van der Waals surface area (Å²) in [6.45, 7) is 5.52. The summed E-state index contributed by atoms with van der Waals surface area (Å²) in [5, 5.41) is 13.2. The zero-order valence-corrected chi connectivity index (χ0v) is 14.2. The smallest absolute Gasteiger partial charge is 0.108 e. The average molecular weight is 291 g/mol. The highest BCUT2D eigenvalue weighted by Gasteiger charge is 2.39. The first-order chi connectivity index (χ1) is 10.1. The fourth-order valence-electron chi connectivity index (χ4n) is 4.21. The molecule has 0 bridgehead atoms. The molecule has 1 N–H and O–H groups in total. The van der Waals surface area contributed by atoms with Crippen molar-refractivity contribution in [2.75, 3.05) is 13.6 Å². The van der Waals surface area contributed by atoms with Gasteiger partial charge in [-0.1, -0.05) is 13.8 Å². The van der Waals surface area contributed by atoms with Crippen LogP contribution >= 0.6 is 0 Å². The van der Waals surface area contributed by atoms with E-state index >= 15 is 0 Å². The molecular weight excluding hydrogens is 258 g/mol. The van der Waals surface area contributed by atoms with Gasteiger partial charge in [-0.25, -0.2) is 0 Å². The van der Waals surface area contributed by atoms with Gasteiger partial charge < -0.3 is 4.90 Å². The molecule has 0 aliphatic heterocycles. The molecule has 3 heteroatoms. The van der Waals surface area contributed by atoms with E-state index in [1.807, 2.05) is 0 Å². The molecule has 0 spiro atoms. The SMILES string of the molecule is CCCNC1(C#N)CCCC(N(C)C2CCC(C)CC2)C1. The number of hydrogen-bond donors (Lipinski definition) is 1. The van der Waals surface area contributed by atoms with E-state index in [-0.39, 0.29) is 5.54 Å². The van der Waals surface area contributed by atoms with Crippen molar-refractivity contribution in [2.24, 2.45) is 5.92 Å². The fraction of sp³-hybridized carbons (Fsp3) is 0.944. The Morgan fingerprint density at radius 1 is 1.19 bits per heavy atom. The molecule has 0 radical (unpaired) electrons. The van der Waals surface area contributed by atoms with Gasteiger partial charge in [-0.15, -0.1) is 0 Å². The molecule has 2 aliphatic carbocycles. The average Bonchev–Trinajstić information content (AvgIpc) is 2.53. The maximum absolute atomic E-state index is 9.68. The number of nitriles is 1. The van der Waals surface area contributed by atoms with Crippen LogP contribution in [-0.4, -0.2) is 36.1 Å². The Kier molecular flexibility index (Phi) is 6.08. The highest BCUT2D eigenvalue weighted by molar-refractivity contribution is 5.11. The first-order valence-corrected chi connectivity index (χ1v) is 8.98. The minimum atomic E-state index is -0.269. The maximum atomic E-state index is 9.68. The van der Waals surface area contributed by atoms with Gasteiger partial charge in [-0.05, 0) is 77.3 Å². The van der Waals surface area contributed by atoms with E-state index < -0.39 is 0 Å². The molecule has 2 aliphatic rings. The summed E-state index contributed by atoms with van der Waals surface area (Å²) >= 11 is 0. The predicted molar refractivity (Wildman–Crippen MR) is 88.1 cm³/mol. The van der Waals surface area contributed by atoms with E-state index in [4.69, 9.17) is 0 Å². The Labute approximate surface area is 131 Å². The van der Waals surface area contributed by atoms with Gasteiger partial charge in [-0.3, -0.25) is 5.32 Å². The van der Waals surface area contributed by atoms with Crippen LogP contribution in [0.15, 0.2) is 0 Å². The second-order valence-corrected chi connectivity index (χ2v) is 7.45. The highest BCUT2D eigenvalue weighted by atomic mass is 15.2. The van der Waals surface area contributed by atoms with E-state index in [1.165, 1.54) is 38.5 Å². The van der Waals surface area contributed by atoms with Crippen molar-refractivity contribution in [3.05, 3.63) is 0 Å². The van der Waals surface area contributed by atoms with Crippen LogP contribution in [0, 0.1) is 17.2 Å². The molecule has 2 saturated carbocycles. The predicted octanol–water partition coefficient (Wildman–Crippen LogP) is 3.70. The Bertz CT molecular complexity index is 354. The molecule has 0 aromatic carbocycles. The molecule has 2 fully saturated rings. The Hall–Kier alpha value is -0.590. The standard InChI is InChI=1S/C18H33N3/c1-4-12-20-18(14-19)11-5-6-17(13-18)21(3)16-9-7-15(2)8-10-16/h15-17,20H,4-13H2,1-3H3. The highest BCUT2D eigenvalue weighted by Crippen LogP contribution is 2.34. The molecule has 0 aromatic heterocycles. The Morgan fingerprint density at radius 3 is 2.52 bits per heavy atom. The van der Waals surface area contributed by atoms with E-state index in [0.717, 1.165) is 37.8 Å². The van der Waals surface area contributed by atoms with E-state index in [1.54, 1.807) is 0 Å². The quantitative estimate of drug-likeness (QED) is 0.839. The lowest BCUT2D eigenvalue weighted by atomic mass is 9.78. The van der Waals surface area contributed by atoms with Gasteiger partial charge in [0.2, 0.25) is 0 Å². The summed E-state index contributed by atoms with van der Waals surface area (Å²) in [5.74, 6) is 0.908. The van der Waals surface area contributed by atoms with Crippen LogP contribution in [0.1, 0.15) is 71.6 Å². The normalized spacial score (nSPS) is 37.4. The molecule has 0 saturated heterocycles. The van der Waals surface area contributed by atoms with Crippen LogP contribution in [0.4, 0.5) is 0 Å². The second-order valence-electron chi connectivity index (χ2n) is 7.45. The minimum absolute atomic E-state index is 0.269.